The topological polar surface area (TPSA) is 110 Å². The molecule has 0 aliphatic heterocycles. The highest BCUT2D eigenvalue weighted by Crippen LogP contribution is 2.31. The Balaban J connectivity index is 1.60. The van der Waals surface area contributed by atoms with Crippen molar-refractivity contribution < 1.29 is 19.2 Å². The van der Waals surface area contributed by atoms with E-state index in [1.807, 2.05) is 24.3 Å². The van der Waals surface area contributed by atoms with Gasteiger partial charge in [-0.3, -0.25) is 9.78 Å². The van der Waals surface area contributed by atoms with Crippen LogP contribution in [-0.2, 0) is 22.7 Å². The van der Waals surface area contributed by atoms with E-state index in [9.17, 15) is 4.79 Å². The van der Waals surface area contributed by atoms with Gasteiger partial charge in [-0.1, -0.05) is 35.5 Å². The minimum atomic E-state index is -0.921. The van der Waals surface area contributed by atoms with Gasteiger partial charge >= 0.3 is 5.97 Å². The lowest BCUT2D eigenvalue weighted by Gasteiger charge is -2.12. The summed E-state index contributed by atoms with van der Waals surface area (Å²) in [5.74, 6) is -0.0838. The van der Waals surface area contributed by atoms with Gasteiger partial charge in [0.05, 0.1) is 18.8 Å². The average Bonchev–Trinajstić information content (AvgIpc) is 3.30. The highest BCUT2D eigenvalue weighted by atomic mass is 16.5. The van der Waals surface area contributed by atoms with Crippen LogP contribution in [0.5, 0.6) is 0 Å². The van der Waals surface area contributed by atoms with Crippen molar-refractivity contribution in [2.45, 2.75) is 20.1 Å². The van der Waals surface area contributed by atoms with Crippen molar-refractivity contribution in [3.05, 3.63) is 77.6 Å². The second-order valence-electron chi connectivity index (χ2n) is 7.58. The van der Waals surface area contributed by atoms with E-state index in [4.69, 9.17) is 14.4 Å². The first-order chi connectivity index (χ1) is 16.0. The lowest BCUT2D eigenvalue weighted by atomic mass is 9.94. The van der Waals surface area contributed by atoms with Crippen molar-refractivity contribution in [1.29, 1.82) is 0 Å². The molecule has 0 bridgehead atoms. The summed E-state index contributed by atoms with van der Waals surface area (Å²) in [5.41, 5.74) is 6.70. The van der Waals surface area contributed by atoms with Crippen molar-refractivity contribution in [1.82, 2.24) is 20.4 Å². The van der Waals surface area contributed by atoms with E-state index < -0.39 is 5.97 Å². The Morgan fingerprint density at radius 3 is 2.73 bits per heavy atom. The zero-order valence-corrected chi connectivity index (χ0v) is 18.4. The van der Waals surface area contributed by atoms with Crippen molar-refractivity contribution in [2.75, 3.05) is 13.7 Å². The summed E-state index contributed by atoms with van der Waals surface area (Å²) in [6.45, 7) is 2.73. The fourth-order valence-electron chi connectivity index (χ4n) is 3.61. The number of carboxylic acid groups (broad SMARTS) is 1. The predicted molar refractivity (Wildman–Crippen MR) is 123 cm³/mol. The van der Waals surface area contributed by atoms with Gasteiger partial charge in [-0.25, -0.2) is 0 Å². The molecule has 0 saturated heterocycles. The number of methoxy groups -OCH3 is 1. The molecule has 8 heteroatoms. The molecule has 0 aliphatic carbocycles. The highest BCUT2D eigenvalue weighted by molar-refractivity contribution is 5.74. The van der Waals surface area contributed by atoms with Crippen LogP contribution >= 0.6 is 0 Å². The molecule has 2 aromatic heterocycles. The van der Waals surface area contributed by atoms with Crippen LogP contribution in [-0.4, -0.2) is 39.9 Å². The number of nitrogens with one attached hydrogen (secondary N) is 1. The summed E-state index contributed by atoms with van der Waals surface area (Å²) in [6.07, 6.45) is 1.64. The van der Waals surface area contributed by atoms with Gasteiger partial charge in [0.2, 0.25) is 5.82 Å². The smallest absolute Gasteiger partial charge is 0.317 e. The Morgan fingerprint density at radius 2 is 1.94 bits per heavy atom. The van der Waals surface area contributed by atoms with Crippen LogP contribution in [0.3, 0.4) is 0 Å². The molecule has 4 rings (SSSR count). The number of rotatable bonds is 9. The number of aromatic nitrogens is 3. The molecule has 168 valence electrons. The average molecular weight is 444 g/mol. The van der Waals surface area contributed by atoms with E-state index in [0.717, 1.165) is 27.8 Å². The molecular formula is C25H24N4O4. The third-order valence-corrected chi connectivity index (χ3v) is 5.17. The van der Waals surface area contributed by atoms with Crippen molar-refractivity contribution in [3.8, 4) is 34.0 Å². The first-order valence-electron chi connectivity index (χ1n) is 10.4. The summed E-state index contributed by atoms with van der Waals surface area (Å²) < 4.78 is 11.0. The van der Waals surface area contributed by atoms with Crippen LogP contribution in [0.2, 0.25) is 0 Å². The number of benzene rings is 2. The maximum absolute atomic E-state index is 10.7. The van der Waals surface area contributed by atoms with Crippen LogP contribution in [0.4, 0.5) is 0 Å². The standard InChI is InChI=1S/C25H24N4O4/c1-16-5-3-4-6-21(16)22-8-7-18(11-19(22)15-32-2)25-28-24(29-33-25)17-9-10-27-20(12-17)13-26-14-23(30)31/h3-12,26H,13-15H2,1-2H3,(H,30,31). The molecule has 8 nitrogen and oxygen atoms in total. The number of pyridine rings is 1. The van der Waals surface area contributed by atoms with E-state index in [-0.39, 0.29) is 6.54 Å². The molecule has 0 atom stereocenters. The van der Waals surface area contributed by atoms with Crippen molar-refractivity contribution in [3.63, 3.8) is 0 Å². The first-order valence-corrected chi connectivity index (χ1v) is 10.4. The summed E-state index contributed by atoms with van der Waals surface area (Å²) in [4.78, 5) is 19.5. The van der Waals surface area contributed by atoms with E-state index in [0.29, 0.717) is 30.6 Å². The Hall–Kier alpha value is -3.88. The summed E-state index contributed by atoms with van der Waals surface area (Å²) >= 11 is 0. The number of carboxylic acids is 1. The van der Waals surface area contributed by atoms with E-state index in [1.165, 1.54) is 5.56 Å². The summed E-state index contributed by atoms with van der Waals surface area (Å²) in [7, 11) is 1.67. The third kappa shape index (κ3) is 5.31. The predicted octanol–water partition coefficient (Wildman–Crippen LogP) is 4.09. The van der Waals surface area contributed by atoms with E-state index >= 15 is 0 Å². The normalized spacial score (nSPS) is 11.0. The van der Waals surface area contributed by atoms with E-state index in [2.05, 4.69) is 45.6 Å². The van der Waals surface area contributed by atoms with Gasteiger partial charge in [0.25, 0.3) is 5.89 Å². The number of hydrogen-bond acceptors (Lipinski definition) is 7. The molecule has 33 heavy (non-hydrogen) atoms. The highest BCUT2D eigenvalue weighted by Gasteiger charge is 2.15. The number of ether oxygens (including phenoxy) is 1. The van der Waals surface area contributed by atoms with Gasteiger partial charge in [-0.2, -0.15) is 4.98 Å². The van der Waals surface area contributed by atoms with Crippen LogP contribution in [0.25, 0.3) is 34.0 Å². The lowest BCUT2D eigenvalue weighted by molar-refractivity contribution is -0.136. The Labute approximate surface area is 191 Å². The zero-order chi connectivity index (χ0) is 23.2. The molecule has 0 radical (unpaired) electrons. The largest absolute Gasteiger partial charge is 0.480 e. The monoisotopic (exact) mass is 444 g/mol. The zero-order valence-electron chi connectivity index (χ0n) is 18.4. The number of aliphatic carboxylic acids is 1. The molecule has 2 heterocycles. The third-order valence-electron chi connectivity index (χ3n) is 5.17. The maximum Gasteiger partial charge on any atom is 0.317 e. The Bertz CT molecular complexity index is 1270. The number of aryl methyl sites for hydroxylation is 1. The van der Waals surface area contributed by atoms with Crippen molar-refractivity contribution >= 4 is 5.97 Å². The van der Waals surface area contributed by atoms with Gasteiger partial charge in [0, 0.05) is 31.0 Å². The molecule has 0 saturated carbocycles. The minimum absolute atomic E-state index is 0.138. The van der Waals surface area contributed by atoms with Gasteiger partial charge in [0.15, 0.2) is 0 Å². The molecule has 0 amide bonds. The summed E-state index contributed by atoms with van der Waals surface area (Å²) in [5, 5.41) is 15.7. The molecular weight excluding hydrogens is 420 g/mol. The molecule has 0 unspecified atom stereocenters. The van der Waals surface area contributed by atoms with Crippen LogP contribution in [0.1, 0.15) is 16.8 Å². The molecule has 4 aromatic rings. The van der Waals surface area contributed by atoms with Gasteiger partial charge in [0.1, 0.15) is 0 Å². The fraction of sp³-hybridized carbons (Fsp3) is 0.200. The maximum atomic E-state index is 10.7. The number of nitrogens with zero attached hydrogens (tertiary/aromatic N) is 3. The van der Waals surface area contributed by atoms with Gasteiger partial charge in [-0.05, 0) is 53.4 Å². The van der Waals surface area contributed by atoms with Gasteiger partial charge < -0.3 is 19.7 Å². The lowest BCUT2D eigenvalue weighted by Crippen LogP contribution is -2.22. The number of hydrogen-bond donors (Lipinski definition) is 2. The second-order valence-corrected chi connectivity index (χ2v) is 7.58. The fourth-order valence-corrected chi connectivity index (χ4v) is 3.61. The second kappa shape index (κ2) is 10.2. The van der Waals surface area contributed by atoms with Crippen LogP contribution in [0, 0.1) is 6.92 Å². The minimum Gasteiger partial charge on any atom is -0.480 e. The van der Waals surface area contributed by atoms with Crippen molar-refractivity contribution in [2.24, 2.45) is 0 Å². The SMILES string of the molecule is COCc1cc(-c2nc(-c3ccnc(CNCC(=O)O)c3)no2)ccc1-c1ccccc1C. The number of carbonyl (C=O) groups is 1. The quantitative estimate of drug-likeness (QED) is 0.397. The molecule has 2 aromatic carbocycles. The Morgan fingerprint density at radius 1 is 1.09 bits per heavy atom. The van der Waals surface area contributed by atoms with E-state index in [1.54, 1.807) is 25.4 Å². The molecule has 0 aliphatic rings. The van der Waals surface area contributed by atoms with Crippen LogP contribution in [0.15, 0.2) is 65.3 Å². The summed E-state index contributed by atoms with van der Waals surface area (Å²) in [6, 6.07) is 17.9. The van der Waals surface area contributed by atoms with Crippen LogP contribution < -0.4 is 5.32 Å². The van der Waals surface area contributed by atoms with Gasteiger partial charge in [-0.15, -0.1) is 0 Å². The molecule has 2 N–H and O–H groups in total. The Kier molecular flexibility index (Phi) is 6.87. The molecule has 0 spiro atoms. The first kappa shape index (κ1) is 22.3. The molecule has 0 fully saturated rings.